The molecule has 2 aromatic rings. The van der Waals surface area contributed by atoms with Gasteiger partial charge in [0.15, 0.2) is 17.8 Å². The minimum Gasteiger partial charge on any atom is -0.454 e. The molecule has 0 saturated heterocycles. The van der Waals surface area contributed by atoms with Crippen LogP contribution in [0.4, 0.5) is 0 Å². The molecule has 1 aromatic carbocycles. The third-order valence-electron chi connectivity index (χ3n) is 2.22. The Bertz CT molecular complexity index is 550. The number of hydrogen-bond acceptors (Lipinski definition) is 3. The number of hydrogen-bond donors (Lipinski definition) is 0. The number of rotatable bonds is 4. The van der Waals surface area contributed by atoms with Gasteiger partial charge in [0.25, 0.3) is 0 Å². The van der Waals surface area contributed by atoms with Crippen LogP contribution in [0.2, 0.25) is 0 Å². The molecule has 0 spiro atoms. The first kappa shape index (κ1) is 11.1. The Kier molecular flexibility index (Phi) is 3.31. The van der Waals surface area contributed by atoms with Crippen molar-refractivity contribution in [3.05, 3.63) is 65.6 Å². The normalized spacial score (nSPS) is 10.6. The van der Waals surface area contributed by atoms with Gasteiger partial charge in [-0.25, -0.2) is 0 Å². The summed E-state index contributed by atoms with van der Waals surface area (Å²) in [6.07, 6.45) is 3.58. The maximum Gasteiger partial charge on any atom is 0.185 e. The topological polar surface area (TPSA) is 47.3 Å². The van der Waals surface area contributed by atoms with Crippen LogP contribution in [0.5, 0.6) is 0 Å². The predicted octanol–water partition coefficient (Wildman–Crippen LogP) is 2.99. The van der Waals surface area contributed by atoms with Crippen LogP contribution in [0.1, 0.15) is 26.7 Å². The van der Waals surface area contributed by atoms with Gasteiger partial charge in [0.2, 0.25) is 0 Å². The van der Waals surface area contributed by atoms with Gasteiger partial charge in [-0.2, -0.15) is 0 Å². The van der Waals surface area contributed by atoms with Crippen molar-refractivity contribution in [3.63, 3.8) is 0 Å². The monoisotopic (exact) mass is 226 g/mol. The molecule has 84 valence electrons. The third kappa shape index (κ3) is 2.78. The van der Waals surface area contributed by atoms with Crippen molar-refractivity contribution in [3.8, 4) is 0 Å². The zero-order chi connectivity index (χ0) is 12.1. The van der Waals surface area contributed by atoms with E-state index in [2.05, 4.69) is 0 Å². The van der Waals surface area contributed by atoms with E-state index in [1.165, 1.54) is 6.08 Å². The van der Waals surface area contributed by atoms with Gasteiger partial charge < -0.3 is 4.42 Å². The number of ketones is 1. The zero-order valence-electron chi connectivity index (χ0n) is 9.00. The summed E-state index contributed by atoms with van der Waals surface area (Å²) in [6.45, 7) is 0. The van der Waals surface area contributed by atoms with E-state index in [1.807, 2.05) is 6.07 Å². The van der Waals surface area contributed by atoms with Gasteiger partial charge in [0.05, 0.1) is 0 Å². The molecular weight excluding hydrogens is 216 g/mol. The molecule has 0 radical (unpaired) electrons. The largest absolute Gasteiger partial charge is 0.454 e. The molecule has 0 aliphatic rings. The molecule has 1 heterocycles. The van der Waals surface area contributed by atoms with E-state index in [-0.39, 0.29) is 11.5 Å². The maximum absolute atomic E-state index is 11.7. The molecule has 3 nitrogen and oxygen atoms in total. The lowest BCUT2D eigenvalue weighted by molar-refractivity contribution is 0.104. The van der Waals surface area contributed by atoms with Gasteiger partial charge in [0, 0.05) is 5.56 Å². The van der Waals surface area contributed by atoms with Crippen LogP contribution in [0, 0.1) is 0 Å². The van der Waals surface area contributed by atoms with Crippen molar-refractivity contribution in [2.75, 3.05) is 0 Å². The first-order valence-electron chi connectivity index (χ1n) is 5.12. The number of allylic oxidation sites excluding steroid dienone is 1. The van der Waals surface area contributed by atoms with Crippen LogP contribution in [-0.4, -0.2) is 12.1 Å². The molecule has 0 aliphatic heterocycles. The Balaban J connectivity index is 2.11. The molecule has 0 saturated carbocycles. The maximum atomic E-state index is 11.7. The van der Waals surface area contributed by atoms with Crippen molar-refractivity contribution in [2.45, 2.75) is 0 Å². The van der Waals surface area contributed by atoms with Crippen molar-refractivity contribution in [1.82, 2.24) is 0 Å². The minimum atomic E-state index is -0.102. The Morgan fingerprint density at radius 1 is 1.00 bits per heavy atom. The Labute approximate surface area is 98.4 Å². The lowest BCUT2D eigenvalue weighted by Gasteiger charge is -1.92. The van der Waals surface area contributed by atoms with Gasteiger partial charge >= 0.3 is 0 Å². The second-order valence-corrected chi connectivity index (χ2v) is 3.42. The highest BCUT2D eigenvalue weighted by molar-refractivity contribution is 6.06. The van der Waals surface area contributed by atoms with Crippen LogP contribution in [-0.2, 0) is 0 Å². The Morgan fingerprint density at radius 3 is 2.35 bits per heavy atom. The second-order valence-electron chi connectivity index (χ2n) is 3.42. The molecule has 0 unspecified atom stereocenters. The van der Waals surface area contributed by atoms with Crippen molar-refractivity contribution in [2.24, 2.45) is 0 Å². The van der Waals surface area contributed by atoms with Gasteiger partial charge in [-0.15, -0.1) is 0 Å². The van der Waals surface area contributed by atoms with E-state index in [1.54, 1.807) is 42.5 Å². The Hall–Kier alpha value is -2.42. The Morgan fingerprint density at radius 2 is 1.71 bits per heavy atom. The molecule has 0 fully saturated rings. The molecule has 0 N–H and O–H groups in total. The second kappa shape index (κ2) is 5.07. The summed E-state index contributed by atoms with van der Waals surface area (Å²) in [5.74, 6) is 0.628. The zero-order valence-corrected chi connectivity index (χ0v) is 9.00. The summed E-state index contributed by atoms with van der Waals surface area (Å²) in [5, 5.41) is 0. The van der Waals surface area contributed by atoms with Gasteiger partial charge in [-0.1, -0.05) is 30.3 Å². The molecule has 3 heteroatoms. The first-order chi connectivity index (χ1) is 8.29. The fourth-order valence-corrected chi connectivity index (χ4v) is 1.38. The van der Waals surface area contributed by atoms with E-state index in [0.29, 0.717) is 17.6 Å². The smallest absolute Gasteiger partial charge is 0.185 e. The number of furan rings is 1. The summed E-state index contributed by atoms with van der Waals surface area (Å²) >= 11 is 0. The highest BCUT2D eigenvalue weighted by atomic mass is 16.3. The minimum absolute atomic E-state index is 0.102. The van der Waals surface area contributed by atoms with E-state index < -0.39 is 0 Å². The van der Waals surface area contributed by atoms with E-state index in [4.69, 9.17) is 4.42 Å². The van der Waals surface area contributed by atoms with E-state index in [0.717, 1.165) is 0 Å². The average Bonchev–Trinajstić information content (AvgIpc) is 2.85. The number of aldehydes is 1. The van der Waals surface area contributed by atoms with Crippen LogP contribution in [0.15, 0.2) is 53.0 Å². The van der Waals surface area contributed by atoms with E-state index >= 15 is 0 Å². The summed E-state index contributed by atoms with van der Waals surface area (Å²) in [6, 6.07) is 12.1. The highest BCUT2D eigenvalue weighted by Gasteiger charge is 2.01. The summed E-state index contributed by atoms with van der Waals surface area (Å²) in [7, 11) is 0. The van der Waals surface area contributed by atoms with E-state index in [9.17, 15) is 9.59 Å². The van der Waals surface area contributed by atoms with Crippen molar-refractivity contribution >= 4 is 18.1 Å². The molecule has 0 atom stereocenters. The van der Waals surface area contributed by atoms with Crippen LogP contribution < -0.4 is 0 Å². The quantitative estimate of drug-likeness (QED) is 0.457. The summed E-state index contributed by atoms with van der Waals surface area (Å²) in [5.41, 5.74) is 0.617. The van der Waals surface area contributed by atoms with Gasteiger partial charge in [-0.3, -0.25) is 9.59 Å². The van der Waals surface area contributed by atoms with Crippen molar-refractivity contribution in [1.29, 1.82) is 0 Å². The molecule has 1 aromatic heterocycles. The molecule has 0 amide bonds. The number of carbonyl (C=O) groups excluding carboxylic acids is 2. The molecule has 0 aliphatic carbocycles. The predicted molar refractivity (Wildman–Crippen MR) is 63.9 cm³/mol. The van der Waals surface area contributed by atoms with Crippen molar-refractivity contribution < 1.29 is 14.0 Å². The van der Waals surface area contributed by atoms with Gasteiger partial charge in [-0.05, 0) is 24.3 Å². The van der Waals surface area contributed by atoms with Crippen LogP contribution in [0.25, 0.3) is 6.08 Å². The number of benzene rings is 1. The lowest BCUT2D eigenvalue weighted by atomic mass is 10.1. The van der Waals surface area contributed by atoms with Crippen LogP contribution in [0.3, 0.4) is 0 Å². The van der Waals surface area contributed by atoms with Gasteiger partial charge in [0.1, 0.15) is 5.76 Å². The SMILES string of the molecule is O=Cc1ccc(C=CC(=O)c2ccccc2)o1. The first-order valence-corrected chi connectivity index (χ1v) is 5.12. The fraction of sp³-hybridized carbons (Fsp3) is 0. The third-order valence-corrected chi connectivity index (χ3v) is 2.22. The standard InChI is InChI=1S/C14H10O3/c15-10-13-7-6-12(17-13)8-9-14(16)11-4-2-1-3-5-11/h1-10H. The average molecular weight is 226 g/mol. The molecule has 2 rings (SSSR count). The number of carbonyl (C=O) groups is 2. The van der Waals surface area contributed by atoms with Crippen LogP contribution >= 0.6 is 0 Å². The summed E-state index contributed by atoms with van der Waals surface area (Å²) in [4.78, 5) is 22.1. The fourth-order valence-electron chi connectivity index (χ4n) is 1.38. The molecular formula is C14H10O3. The lowest BCUT2D eigenvalue weighted by Crippen LogP contribution is -1.92. The summed E-state index contributed by atoms with van der Waals surface area (Å²) < 4.78 is 5.11. The highest BCUT2D eigenvalue weighted by Crippen LogP contribution is 2.09. The molecule has 17 heavy (non-hydrogen) atoms. The molecule has 0 bridgehead atoms.